The number of hydrogen-bond acceptors (Lipinski definition) is 3. The Morgan fingerprint density at radius 3 is 2.74 bits per heavy atom. The highest BCUT2D eigenvalue weighted by Gasteiger charge is 2.24. The third-order valence-corrected chi connectivity index (χ3v) is 4.75. The fourth-order valence-corrected chi connectivity index (χ4v) is 3.55. The largest absolute Gasteiger partial charge is 0.489 e. The number of thioether (sulfide) groups is 1. The van der Waals surface area contributed by atoms with E-state index in [0.29, 0.717) is 17.0 Å². The molecule has 0 radical (unpaired) electrons. The average molecular weight is 295 g/mol. The molecule has 2 N–H and O–H groups in total. The molecule has 1 aliphatic carbocycles. The van der Waals surface area contributed by atoms with Crippen LogP contribution in [0.25, 0.3) is 0 Å². The molecule has 2 atom stereocenters. The van der Waals surface area contributed by atoms with Gasteiger partial charge < -0.3 is 10.5 Å². The lowest BCUT2D eigenvalue weighted by atomic mass is 9.88. The molecule has 1 aromatic carbocycles. The zero-order chi connectivity index (χ0) is 13.8. The molecule has 0 heterocycles. The van der Waals surface area contributed by atoms with Crippen LogP contribution in [-0.4, -0.2) is 17.3 Å². The summed E-state index contributed by atoms with van der Waals surface area (Å²) in [5.41, 5.74) is 6.76. The molecular weight excluding hydrogens is 274 g/mol. The summed E-state index contributed by atoms with van der Waals surface area (Å²) in [5, 5.41) is 0. The van der Waals surface area contributed by atoms with Gasteiger partial charge >= 0.3 is 0 Å². The van der Waals surface area contributed by atoms with Crippen molar-refractivity contribution in [3.63, 3.8) is 0 Å². The normalized spacial score (nSPS) is 23.1. The van der Waals surface area contributed by atoms with E-state index in [2.05, 4.69) is 6.92 Å². The molecule has 2 nitrogen and oxygen atoms in total. The lowest BCUT2D eigenvalue weighted by Gasteiger charge is -2.30. The first-order chi connectivity index (χ1) is 9.13. The van der Waals surface area contributed by atoms with Gasteiger partial charge in [0.2, 0.25) is 0 Å². The minimum absolute atomic E-state index is 0.291. The molecule has 0 aromatic heterocycles. The Morgan fingerprint density at radius 2 is 2.11 bits per heavy atom. The van der Waals surface area contributed by atoms with Gasteiger partial charge in [0, 0.05) is 4.90 Å². The van der Waals surface area contributed by atoms with Gasteiger partial charge in [-0.15, -0.1) is 11.8 Å². The fourth-order valence-electron chi connectivity index (χ4n) is 2.64. The van der Waals surface area contributed by atoms with Crippen LogP contribution in [0.1, 0.15) is 38.2 Å². The molecule has 19 heavy (non-hydrogen) atoms. The number of thiocarbonyl (C=S) groups is 1. The smallest absolute Gasteiger partial charge is 0.131 e. The Morgan fingerprint density at radius 1 is 1.37 bits per heavy atom. The molecule has 1 aliphatic rings. The van der Waals surface area contributed by atoms with Crippen LogP contribution in [-0.2, 0) is 0 Å². The van der Waals surface area contributed by atoms with E-state index in [1.807, 2.05) is 24.5 Å². The summed E-state index contributed by atoms with van der Waals surface area (Å²) < 4.78 is 6.22. The van der Waals surface area contributed by atoms with Gasteiger partial charge in [0.15, 0.2) is 0 Å². The van der Waals surface area contributed by atoms with Crippen LogP contribution in [0.15, 0.2) is 23.1 Å². The predicted molar refractivity (Wildman–Crippen MR) is 86.2 cm³/mol. The minimum atomic E-state index is 0.291. The van der Waals surface area contributed by atoms with Gasteiger partial charge in [0.05, 0.1) is 5.56 Å². The molecule has 104 valence electrons. The van der Waals surface area contributed by atoms with E-state index in [4.69, 9.17) is 22.7 Å². The second-order valence-electron chi connectivity index (χ2n) is 5.12. The van der Waals surface area contributed by atoms with E-state index in [9.17, 15) is 0 Å². The molecule has 0 spiro atoms. The molecule has 0 aliphatic heterocycles. The SMILES string of the molecule is CSc1cccc(OC2CCCCC2C)c1C(N)=S. The van der Waals surface area contributed by atoms with Gasteiger partial charge in [-0.3, -0.25) is 0 Å². The number of hydrogen-bond donors (Lipinski definition) is 1. The zero-order valence-corrected chi connectivity index (χ0v) is 13.2. The van der Waals surface area contributed by atoms with Gasteiger partial charge in [-0.2, -0.15) is 0 Å². The third-order valence-electron chi connectivity index (χ3n) is 3.77. The van der Waals surface area contributed by atoms with Crippen LogP contribution in [0.4, 0.5) is 0 Å². The van der Waals surface area contributed by atoms with Crippen LogP contribution < -0.4 is 10.5 Å². The predicted octanol–water partition coefficient (Wildman–Crippen LogP) is 4.00. The molecule has 1 aromatic rings. The maximum Gasteiger partial charge on any atom is 0.131 e. The van der Waals surface area contributed by atoms with E-state index < -0.39 is 0 Å². The molecule has 4 heteroatoms. The Kier molecular flexibility index (Phi) is 5.11. The first-order valence-electron chi connectivity index (χ1n) is 6.77. The Labute approximate surface area is 125 Å². The third kappa shape index (κ3) is 3.42. The average Bonchev–Trinajstić information content (AvgIpc) is 2.40. The summed E-state index contributed by atoms with van der Waals surface area (Å²) in [6, 6.07) is 6.03. The van der Waals surface area contributed by atoms with E-state index in [0.717, 1.165) is 22.6 Å². The van der Waals surface area contributed by atoms with Crippen molar-refractivity contribution in [3.8, 4) is 5.75 Å². The Hall–Kier alpha value is -0.740. The van der Waals surface area contributed by atoms with E-state index in [1.165, 1.54) is 19.3 Å². The lowest BCUT2D eigenvalue weighted by molar-refractivity contribution is 0.102. The first-order valence-corrected chi connectivity index (χ1v) is 8.40. The number of benzene rings is 1. The van der Waals surface area contributed by atoms with Gasteiger partial charge in [-0.1, -0.05) is 31.6 Å². The van der Waals surface area contributed by atoms with Gasteiger partial charge in [0.1, 0.15) is 16.8 Å². The van der Waals surface area contributed by atoms with E-state index in [1.54, 1.807) is 11.8 Å². The van der Waals surface area contributed by atoms with Gasteiger partial charge in [0.25, 0.3) is 0 Å². The van der Waals surface area contributed by atoms with Crippen molar-refractivity contribution in [3.05, 3.63) is 23.8 Å². The lowest BCUT2D eigenvalue weighted by Crippen LogP contribution is -2.29. The van der Waals surface area contributed by atoms with Crippen molar-refractivity contribution in [2.24, 2.45) is 11.7 Å². The van der Waals surface area contributed by atoms with Crippen molar-refractivity contribution in [2.75, 3.05) is 6.26 Å². The molecule has 2 rings (SSSR count). The topological polar surface area (TPSA) is 35.2 Å². The number of rotatable bonds is 4. The van der Waals surface area contributed by atoms with Gasteiger partial charge in [-0.05, 0) is 43.6 Å². The zero-order valence-electron chi connectivity index (χ0n) is 11.5. The molecule has 0 amide bonds. The second kappa shape index (κ2) is 6.62. The van der Waals surface area contributed by atoms with Crippen molar-refractivity contribution >= 4 is 29.0 Å². The number of ether oxygens (including phenoxy) is 1. The van der Waals surface area contributed by atoms with Crippen molar-refractivity contribution in [1.82, 2.24) is 0 Å². The van der Waals surface area contributed by atoms with Crippen molar-refractivity contribution < 1.29 is 4.74 Å². The first kappa shape index (κ1) is 14.7. The standard InChI is InChI=1S/C15H21NOS2/c1-10-6-3-4-7-11(10)17-12-8-5-9-13(19-2)14(12)15(16)18/h5,8-11H,3-4,6-7H2,1-2H3,(H2,16,18). The summed E-state index contributed by atoms with van der Waals surface area (Å²) in [6.07, 6.45) is 7.26. The minimum Gasteiger partial charge on any atom is -0.489 e. The van der Waals surface area contributed by atoms with Crippen LogP contribution in [0.2, 0.25) is 0 Å². The summed E-state index contributed by atoms with van der Waals surface area (Å²) in [4.78, 5) is 1.51. The summed E-state index contributed by atoms with van der Waals surface area (Å²) in [6.45, 7) is 2.27. The van der Waals surface area contributed by atoms with Crippen molar-refractivity contribution in [1.29, 1.82) is 0 Å². The van der Waals surface area contributed by atoms with E-state index >= 15 is 0 Å². The Balaban J connectivity index is 2.26. The highest BCUT2D eigenvalue weighted by Crippen LogP contribution is 2.33. The van der Waals surface area contributed by atoms with Crippen molar-refractivity contribution in [2.45, 2.75) is 43.6 Å². The molecule has 0 saturated heterocycles. The van der Waals surface area contributed by atoms with Crippen LogP contribution in [0, 0.1) is 5.92 Å². The molecule has 0 bridgehead atoms. The molecule has 1 fully saturated rings. The summed E-state index contributed by atoms with van der Waals surface area (Å²) in [5.74, 6) is 1.45. The summed E-state index contributed by atoms with van der Waals surface area (Å²) >= 11 is 6.84. The monoisotopic (exact) mass is 295 g/mol. The second-order valence-corrected chi connectivity index (χ2v) is 6.40. The van der Waals surface area contributed by atoms with Crippen LogP contribution in [0.3, 0.4) is 0 Å². The highest BCUT2D eigenvalue weighted by atomic mass is 32.2. The van der Waals surface area contributed by atoms with E-state index in [-0.39, 0.29) is 0 Å². The number of nitrogens with two attached hydrogens (primary N) is 1. The quantitative estimate of drug-likeness (QED) is 0.672. The van der Waals surface area contributed by atoms with Crippen LogP contribution >= 0.6 is 24.0 Å². The fraction of sp³-hybridized carbons (Fsp3) is 0.533. The van der Waals surface area contributed by atoms with Crippen LogP contribution in [0.5, 0.6) is 5.75 Å². The van der Waals surface area contributed by atoms with Gasteiger partial charge in [-0.25, -0.2) is 0 Å². The Bertz CT molecular complexity index is 461. The summed E-state index contributed by atoms with van der Waals surface area (Å²) in [7, 11) is 0. The molecule has 1 saturated carbocycles. The molecule has 2 unspecified atom stereocenters. The molecular formula is C15H21NOS2. The maximum absolute atomic E-state index is 6.22. The highest BCUT2D eigenvalue weighted by molar-refractivity contribution is 7.98. The maximum atomic E-state index is 6.22.